The molecule has 166 valence electrons. The van der Waals surface area contributed by atoms with E-state index in [-0.39, 0.29) is 16.7 Å². The molecule has 4 nitrogen and oxygen atoms in total. The zero-order valence-corrected chi connectivity index (χ0v) is 19.1. The summed E-state index contributed by atoms with van der Waals surface area (Å²) in [5.41, 5.74) is -0.271. The number of hydrogen-bond donors (Lipinski definition) is 1. The number of fused-ring (bicyclic) bond motifs is 5. The Bertz CT molecular complexity index is 778. The number of hydrogen-bond acceptors (Lipinski definition) is 4. The van der Waals surface area contributed by atoms with Gasteiger partial charge in [-0.1, -0.05) is 19.8 Å². The topological polar surface area (TPSA) is 63.6 Å². The number of rotatable bonds is 2. The average molecular weight is 415 g/mol. The molecular formula is C26H38O4. The molecule has 0 heterocycles. The van der Waals surface area contributed by atoms with Gasteiger partial charge in [0.1, 0.15) is 11.9 Å². The molecule has 0 aromatic heterocycles. The second kappa shape index (κ2) is 7.66. The molecule has 30 heavy (non-hydrogen) atoms. The normalized spacial score (nSPS) is 47.2. The van der Waals surface area contributed by atoms with Crippen molar-refractivity contribution in [3.8, 4) is 12.0 Å². The zero-order chi connectivity index (χ0) is 21.7. The molecule has 4 aliphatic carbocycles. The maximum absolute atomic E-state index is 12.3. The Hall–Kier alpha value is -1.34. The number of aliphatic hydroxyl groups is 1. The Morgan fingerprint density at radius 1 is 0.967 bits per heavy atom. The predicted molar refractivity (Wildman–Crippen MR) is 115 cm³/mol. The lowest BCUT2D eigenvalue weighted by atomic mass is 9.43. The van der Waals surface area contributed by atoms with Crippen LogP contribution in [0.15, 0.2) is 0 Å². The molecule has 4 aliphatic rings. The van der Waals surface area contributed by atoms with Gasteiger partial charge in [0.25, 0.3) is 0 Å². The largest absolute Gasteiger partial charge is 0.389 e. The van der Waals surface area contributed by atoms with Gasteiger partial charge in [0.05, 0.1) is 5.60 Å². The van der Waals surface area contributed by atoms with Crippen molar-refractivity contribution < 1.29 is 19.4 Å². The summed E-state index contributed by atoms with van der Waals surface area (Å²) < 4.78 is 4.71. The van der Waals surface area contributed by atoms with E-state index in [1.165, 1.54) is 39.0 Å². The lowest BCUT2D eigenvalue weighted by Gasteiger charge is -2.62. The molecule has 4 fully saturated rings. The van der Waals surface area contributed by atoms with Crippen LogP contribution in [0.3, 0.4) is 0 Å². The van der Waals surface area contributed by atoms with E-state index in [2.05, 4.69) is 25.9 Å². The monoisotopic (exact) mass is 414 g/mol. The highest BCUT2D eigenvalue weighted by Gasteiger charge is 2.61. The summed E-state index contributed by atoms with van der Waals surface area (Å²) in [4.78, 5) is 23.2. The fourth-order valence-corrected chi connectivity index (χ4v) is 8.46. The molecule has 4 saturated carbocycles. The van der Waals surface area contributed by atoms with Crippen molar-refractivity contribution in [2.45, 2.75) is 97.5 Å². The lowest BCUT2D eigenvalue weighted by molar-refractivity contribution is -0.152. The summed E-state index contributed by atoms with van der Waals surface area (Å²) in [5.74, 6) is 5.80. The number of carbonyl (C=O) groups excluding carboxylic acids is 2. The van der Waals surface area contributed by atoms with Crippen molar-refractivity contribution >= 4 is 11.8 Å². The van der Waals surface area contributed by atoms with E-state index < -0.39 is 11.6 Å². The highest BCUT2D eigenvalue weighted by Crippen LogP contribution is 2.68. The van der Waals surface area contributed by atoms with Gasteiger partial charge >= 0.3 is 5.97 Å². The van der Waals surface area contributed by atoms with Gasteiger partial charge in [-0.05, 0) is 99.2 Å². The summed E-state index contributed by atoms with van der Waals surface area (Å²) in [6.07, 6.45) is 12.6. The van der Waals surface area contributed by atoms with Crippen molar-refractivity contribution in [1.29, 1.82) is 0 Å². The van der Waals surface area contributed by atoms with Crippen molar-refractivity contribution in [2.75, 3.05) is 0 Å². The molecule has 8 atom stereocenters. The van der Waals surface area contributed by atoms with Gasteiger partial charge in [-0.25, -0.2) is 0 Å². The summed E-state index contributed by atoms with van der Waals surface area (Å²) >= 11 is 0. The fraction of sp³-hybridized carbons (Fsp3) is 0.846. The van der Waals surface area contributed by atoms with E-state index in [1.807, 2.05) is 0 Å². The van der Waals surface area contributed by atoms with Crippen molar-refractivity contribution in [2.24, 2.45) is 40.4 Å². The minimum Gasteiger partial charge on any atom is -0.389 e. The molecule has 0 bridgehead atoms. The van der Waals surface area contributed by atoms with Gasteiger partial charge in [-0.15, -0.1) is 0 Å². The standard InChI is InChI=1S/C26H38O4/c1-17(27)21-8-9-22-20-7-6-19-16-26(29,11-5-15-30-18(2)28)14-13-24(19,3)23(20)10-12-25(21,22)4/h19-23,29H,6-14,16H2,1-4H3/t19-,20+,21-,22+,23+,24+,25-,26+/m1/s1. The van der Waals surface area contributed by atoms with Crippen LogP contribution in [0.5, 0.6) is 0 Å². The molecule has 0 saturated heterocycles. The van der Waals surface area contributed by atoms with Crippen LogP contribution in [-0.2, 0) is 14.3 Å². The van der Waals surface area contributed by atoms with Gasteiger partial charge in [0.15, 0.2) is 0 Å². The van der Waals surface area contributed by atoms with E-state index in [1.54, 1.807) is 6.92 Å². The van der Waals surface area contributed by atoms with Crippen molar-refractivity contribution in [3.05, 3.63) is 0 Å². The maximum Gasteiger partial charge on any atom is 0.316 e. The Labute approximate surface area is 181 Å². The van der Waals surface area contributed by atoms with Crippen LogP contribution in [-0.4, -0.2) is 22.5 Å². The van der Waals surface area contributed by atoms with E-state index in [9.17, 15) is 14.7 Å². The van der Waals surface area contributed by atoms with Gasteiger partial charge < -0.3 is 9.84 Å². The molecule has 0 aromatic rings. The second-order valence-electron chi connectivity index (χ2n) is 11.4. The Kier molecular flexibility index (Phi) is 5.59. The van der Waals surface area contributed by atoms with Gasteiger partial charge in [-0.2, -0.15) is 0 Å². The first-order valence-electron chi connectivity index (χ1n) is 12.0. The Balaban J connectivity index is 1.48. The quantitative estimate of drug-likeness (QED) is 0.517. The highest BCUT2D eigenvalue weighted by atomic mass is 16.5. The molecule has 4 heteroatoms. The number of ketones is 1. The number of Topliss-reactive ketones (excluding diaryl/α,β-unsaturated/α-hetero) is 1. The molecular weight excluding hydrogens is 376 g/mol. The average Bonchev–Trinajstić information content (AvgIpc) is 3.03. The molecule has 1 N–H and O–H groups in total. The minimum atomic E-state index is -0.763. The van der Waals surface area contributed by atoms with Gasteiger partial charge in [-0.3, -0.25) is 9.59 Å². The van der Waals surface area contributed by atoms with E-state index in [0.29, 0.717) is 24.0 Å². The maximum atomic E-state index is 12.3. The van der Waals surface area contributed by atoms with E-state index in [4.69, 9.17) is 4.74 Å². The van der Waals surface area contributed by atoms with Crippen molar-refractivity contribution in [3.63, 3.8) is 0 Å². The minimum absolute atomic E-state index is 0.206. The first kappa shape index (κ1) is 21.9. The zero-order valence-electron chi connectivity index (χ0n) is 19.1. The first-order valence-corrected chi connectivity index (χ1v) is 12.0. The molecule has 0 aliphatic heterocycles. The molecule has 0 unspecified atom stereocenters. The van der Waals surface area contributed by atoms with Crippen LogP contribution >= 0.6 is 0 Å². The van der Waals surface area contributed by atoms with Crippen LogP contribution < -0.4 is 0 Å². The van der Waals surface area contributed by atoms with Gasteiger partial charge in [0, 0.05) is 19.3 Å². The highest BCUT2D eigenvalue weighted by molar-refractivity contribution is 5.79. The summed E-state index contributed by atoms with van der Waals surface area (Å²) in [7, 11) is 0. The predicted octanol–water partition coefficient (Wildman–Crippen LogP) is 4.88. The van der Waals surface area contributed by atoms with Crippen LogP contribution in [0, 0.1) is 52.4 Å². The van der Waals surface area contributed by atoms with Crippen LogP contribution in [0.4, 0.5) is 0 Å². The third-order valence-corrected chi connectivity index (χ3v) is 10.00. The third kappa shape index (κ3) is 3.52. The third-order valence-electron chi connectivity index (χ3n) is 10.00. The molecule has 0 spiro atoms. The summed E-state index contributed by atoms with van der Waals surface area (Å²) in [5, 5.41) is 11.2. The smallest absolute Gasteiger partial charge is 0.316 e. The molecule has 4 rings (SSSR count). The summed E-state index contributed by atoms with van der Waals surface area (Å²) in [6.45, 7) is 8.03. The first-order chi connectivity index (χ1) is 14.1. The number of ether oxygens (including phenoxy) is 1. The second-order valence-corrected chi connectivity index (χ2v) is 11.4. The Morgan fingerprint density at radius 3 is 2.40 bits per heavy atom. The molecule has 0 aromatic carbocycles. The van der Waals surface area contributed by atoms with E-state index in [0.717, 1.165) is 37.5 Å². The lowest BCUT2D eigenvalue weighted by Crippen LogP contribution is -2.56. The number of carbonyl (C=O) groups is 2. The van der Waals surface area contributed by atoms with Crippen LogP contribution in [0.2, 0.25) is 0 Å². The van der Waals surface area contributed by atoms with Crippen LogP contribution in [0.25, 0.3) is 0 Å². The molecule has 0 amide bonds. The fourth-order valence-electron chi connectivity index (χ4n) is 8.46. The number of esters is 1. The van der Waals surface area contributed by atoms with Crippen molar-refractivity contribution in [1.82, 2.24) is 0 Å². The van der Waals surface area contributed by atoms with E-state index >= 15 is 0 Å². The molecule has 0 radical (unpaired) electrons. The summed E-state index contributed by atoms with van der Waals surface area (Å²) in [6, 6.07) is 0. The Morgan fingerprint density at radius 2 is 1.70 bits per heavy atom. The van der Waals surface area contributed by atoms with Crippen LogP contribution in [0.1, 0.15) is 91.9 Å². The van der Waals surface area contributed by atoms with Gasteiger partial charge in [0.2, 0.25) is 0 Å². The SMILES string of the molecule is CC(=O)OC#CC[C@]1(O)CC[C@@]2(C)[C@H](CC[C@@H]3[C@@H]2CC[C@]2(C)[C@@H](C(C)=O)CC[C@@H]32)C1.